The van der Waals surface area contributed by atoms with E-state index in [0.717, 1.165) is 19.0 Å². The average molecular weight is 204 g/mol. The minimum atomic E-state index is 0.500. The van der Waals surface area contributed by atoms with Gasteiger partial charge in [-0.05, 0) is 45.0 Å². The van der Waals surface area contributed by atoms with Gasteiger partial charge in [-0.2, -0.15) is 0 Å². The molecule has 0 aliphatic carbocycles. The van der Waals surface area contributed by atoms with E-state index in [9.17, 15) is 0 Å². The maximum Gasteiger partial charge on any atom is 0.0358 e. The van der Waals surface area contributed by atoms with Crippen LogP contribution in [0.1, 0.15) is 23.6 Å². The Labute approximate surface area is 92.1 Å². The molecule has 1 saturated heterocycles. The van der Waals surface area contributed by atoms with E-state index in [0.29, 0.717) is 6.04 Å². The van der Waals surface area contributed by atoms with Crippen LogP contribution in [-0.4, -0.2) is 20.1 Å². The van der Waals surface area contributed by atoms with Crippen LogP contribution in [0.15, 0.2) is 24.3 Å². The molecule has 1 fully saturated rings. The van der Waals surface area contributed by atoms with Crippen LogP contribution in [0.3, 0.4) is 0 Å². The summed E-state index contributed by atoms with van der Waals surface area (Å²) < 4.78 is 0. The van der Waals surface area contributed by atoms with Gasteiger partial charge in [0.15, 0.2) is 0 Å². The molecular weight excluding hydrogens is 184 g/mol. The van der Waals surface area contributed by atoms with Gasteiger partial charge < -0.3 is 10.6 Å². The number of hydrogen-bond donors (Lipinski definition) is 2. The van der Waals surface area contributed by atoms with Gasteiger partial charge in [0.1, 0.15) is 0 Å². The van der Waals surface area contributed by atoms with Gasteiger partial charge in [-0.1, -0.05) is 29.8 Å². The highest BCUT2D eigenvalue weighted by molar-refractivity contribution is 5.25. The van der Waals surface area contributed by atoms with Crippen LogP contribution in [-0.2, 0) is 0 Å². The van der Waals surface area contributed by atoms with Gasteiger partial charge >= 0.3 is 0 Å². The summed E-state index contributed by atoms with van der Waals surface area (Å²) in [6.45, 7) is 4.46. The van der Waals surface area contributed by atoms with Crippen molar-refractivity contribution in [2.24, 2.45) is 5.92 Å². The third-order valence-corrected chi connectivity index (χ3v) is 3.28. The van der Waals surface area contributed by atoms with Crippen molar-refractivity contribution in [2.75, 3.05) is 20.1 Å². The summed E-state index contributed by atoms with van der Waals surface area (Å²) in [7, 11) is 2.06. The maximum absolute atomic E-state index is 3.45. The summed E-state index contributed by atoms with van der Waals surface area (Å²) >= 11 is 0. The Bertz CT molecular complexity index is 316. The van der Waals surface area contributed by atoms with Crippen molar-refractivity contribution in [3.05, 3.63) is 35.4 Å². The SMILES string of the molecule is CNC(c1cccc(C)c1)C1CCNC1. The van der Waals surface area contributed by atoms with Gasteiger partial charge in [0.25, 0.3) is 0 Å². The van der Waals surface area contributed by atoms with Gasteiger partial charge in [-0.25, -0.2) is 0 Å². The van der Waals surface area contributed by atoms with Crippen molar-refractivity contribution in [3.8, 4) is 0 Å². The van der Waals surface area contributed by atoms with Gasteiger partial charge in [-0.3, -0.25) is 0 Å². The molecule has 0 aromatic heterocycles. The highest BCUT2D eigenvalue weighted by Crippen LogP contribution is 2.26. The van der Waals surface area contributed by atoms with Gasteiger partial charge in [0.2, 0.25) is 0 Å². The molecule has 0 saturated carbocycles. The zero-order valence-corrected chi connectivity index (χ0v) is 9.59. The summed E-state index contributed by atoms with van der Waals surface area (Å²) in [4.78, 5) is 0. The Balaban J connectivity index is 2.18. The third kappa shape index (κ3) is 2.39. The second-order valence-electron chi connectivity index (χ2n) is 4.43. The molecule has 0 radical (unpaired) electrons. The molecule has 2 rings (SSSR count). The van der Waals surface area contributed by atoms with E-state index in [2.05, 4.69) is 48.9 Å². The minimum absolute atomic E-state index is 0.500. The molecule has 1 aromatic rings. The van der Waals surface area contributed by atoms with Crippen molar-refractivity contribution >= 4 is 0 Å². The summed E-state index contributed by atoms with van der Waals surface area (Å²) in [5.74, 6) is 0.733. The first-order chi connectivity index (χ1) is 7.31. The Morgan fingerprint density at radius 2 is 2.33 bits per heavy atom. The van der Waals surface area contributed by atoms with Crippen molar-refractivity contribution in [3.63, 3.8) is 0 Å². The quantitative estimate of drug-likeness (QED) is 0.785. The normalized spacial score (nSPS) is 22.9. The summed E-state index contributed by atoms with van der Waals surface area (Å²) in [6, 6.07) is 9.33. The average Bonchev–Trinajstić information content (AvgIpc) is 2.72. The van der Waals surface area contributed by atoms with Crippen LogP contribution in [0.4, 0.5) is 0 Å². The van der Waals surface area contributed by atoms with Crippen LogP contribution < -0.4 is 10.6 Å². The fourth-order valence-corrected chi connectivity index (χ4v) is 2.50. The second-order valence-corrected chi connectivity index (χ2v) is 4.43. The molecule has 2 atom stereocenters. The van der Waals surface area contributed by atoms with E-state index in [1.807, 2.05) is 0 Å². The first-order valence-corrected chi connectivity index (χ1v) is 5.76. The molecule has 2 nitrogen and oxygen atoms in total. The van der Waals surface area contributed by atoms with Crippen molar-refractivity contribution in [1.29, 1.82) is 0 Å². The first kappa shape index (κ1) is 10.7. The Morgan fingerprint density at radius 1 is 1.47 bits per heavy atom. The van der Waals surface area contributed by atoms with Crippen molar-refractivity contribution in [2.45, 2.75) is 19.4 Å². The first-order valence-electron chi connectivity index (χ1n) is 5.76. The molecule has 1 heterocycles. The van der Waals surface area contributed by atoms with Crippen LogP contribution >= 0.6 is 0 Å². The van der Waals surface area contributed by atoms with Crippen LogP contribution in [0.2, 0.25) is 0 Å². The Hall–Kier alpha value is -0.860. The van der Waals surface area contributed by atoms with Crippen LogP contribution in [0, 0.1) is 12.8 Å². The molecule has 0 bridgehead atoms. The highest BCUT2D eigenvalue weighted by Gasteiger charge is 2.24. The lowest BCUT2D eigenvalue weighted by Gasteiger charge is -2.23. The van der Waals surface area contributed by atoms with E-state index in [-0.39, 0.29) is 0 Å². The molecular formula is C13H20N2. The Morgan fingerprint density at radius 3 is 2.93 bits per heavy atom. The van der Waals surface area contributed by atoms with Crippen LogP contribution in [0.5, 0.6) is 0 Å². The smallest absolute Gasteiger partial charge is 0.0358 e. The summed E-state index contributed by atoms with van der Waals surface area (Å²) in [6.07, 6.45) is 1.28. The lowest BCUT2D eigenvalue weighted by molar-refractivity contribution is 0.410. The lowest BCUT2D eigenvalue weighted by Crippen LogP contribution is -2.26. The van der Waals surface area contributed by atoms with Crippen molar-refractivity contribution < 1.29 is 0 Å². The zero-order valence-electron chi connectivity index (χ0n) is 9.59. The van der Waals surface area contributed by atoms with E-state index in [1.54, 1.807) is 0 Å². The fourth-order valence-electron chi connectivity index (χ4n) is 2.50. The van der Waals surface area contributed by atoms with Gasteiger partial charge in [0.05, 0.1) is 0 Å². The summed E-state index contributed by atoms with van der Waals surface area (Å²) in [5.41, 5.74) is 2.77. The molecule has 2 N–H and O–H groups in total. The van der Waals surface area contributed by atoms with Crippen LogP contribution in [0.25, 0.3) is 0 Å². The molecule has 1 aliphatic rings. The van der Waals surface area contributed by atoms with Gasteiger partial charge in [0, 0.05) is 6.04 Å². The number of rotatable bonds is 3. The monoisotopic (exact) mass is 204 g/mol. The third-order valence-electron chi connectivity index (χ3n) is 3.28. The van der Waals surface area contributed by atoms with E-state index >= 15 is 0 Å². The van der Waals surface area contributed by atoms with E-state index in [4.69, 9.17) is 0 Å². The highest BCUT2D eigenvalue weighted by atomic mass is 15.0. The maximum atomic E-state index is 3.45. The number of nitrogens with one attached hydrogen (secondary N) is 2. The van der Waals surface area contributed by atoms with Crippen molar-refractivity contribution in [1.82, 2.24) is 10.6 Å². The largest absolute Gasteiger partial charge is 0.316 e. The molecule has 15 heavy (non-hydrogen) atoms. The minimum Gasteiger partial charge on any atom is -0.316 e. The molecule has 2 heteroatoms. The molecule has 1 aromatic carbocycles. The lowest BCUT2D eigenvalue weighted by atomic mass is 9.91. The van der Waals surface area contributed by atoms with E-state index < -0.39 is 0 Å². The molecule has 2 unspecified atom stereocenters. The fraction of sp³-hybridized carbons (Fsp3) is 0.538. The van der Waals surface area contributed by atoms with E-state index in [1.165, 1.54) is 17.5 Å². The molecule has 0 amide bonds. The predicted octanol–water partition coefficient (Wildman–Crippen LogP) is 1.87. The molecule has 1 aliphatic heterocycles. The predicted molar refractivity (Wildman–Crippen MR) is 64.0 cm³/mol. The standard InChI is InChI=1S/C13H20N2/c1-10-4-3-5-11(8-10)13(14-2)12-6-7-15-9-12/h3-5,8,12-15H,6-7,9H2,1-2H3. The second kappa shape index (κ2) is 4.77. The number of hydrogen-bond acceptors (Lipinski definition) is 2. The Kier molecular flexibility index (Phi) is 3.39. The molecule has 82 valence electrons. The number of aryl methyl sites for hydroxylation is 1. The summed E-state index contributed by atoms with van der Waals surface area (Å²) in [5, 5.41) is 6.88. The topological polar surface area (TPSA) is 24.1 Å². The van der Waals surface area contributed by atoms with Gasteiger partial charge in [-0.15, -0.1) is 0 Å². The number of benzene rings is 1. The zero-order chi connectivity index (χ0) is 10.7. The molecule has 0 spiro atoms.